The van der Waals surface area contributed by atoms with E-state index in [4.69, 9.17) is 11.5 Å². The summed E-state index contributed by atoms with van der Waals surface area (Å²) in [5.41, 5.74) is 14.7. The molecule has 0 spiro atoms. The molecule has 0 fully saturated rings. The molecular weight excluding hydrogens is 256 g/mol. The van der Waals surface area contributed by atoms with Crippen molar-refractivity contribution in [2.75, 3.05) is 11.5 Å². The molecule has 0 amide bonds. The van der Waals surface area contributed by atoms with Crippen LogP contribution in [0.3, 0.4) is 0 Å². The van der Waals surface area contributed by atoms with E-state index in [1.807, 2.05) is 13.0 Å². The maximum Gasteiger partial charge on any atom is 0.222 e. The lowest BCUT2D eigenvalue weighted by Gasteiger charge is -2.09. The molecule has 0 bridgehead atoms. The van der Waals surface area contributed by atoms with Crippen LogP contribution in [-0.2, 0) is 0 Å². The molecule has 3 rings (SSSR count). The van der Waals surface area contributed by atoms with Crippen LogP contribution in [0.15, 0.2) is 24.3 Å². The van der Waals surface area contributed by atoms with Gasteiger partial charge in [0.25, 0.3) is 0 Å². The molecule has 96 valence electrons. The number of rotatable bonds is 1. The second kappa shape index (κ2) is 4.20. The van der Waals surface area contributed by atoms with Crippen molar-refractivity contribution in [1.29, 1.82) is 0 Å². The molecule has 0 saturated carbocycles. The van der Waals surface area contributed by atoms with Crippen molar-refractivity contribution in [3.05, 3.63) is 34.7 Å². The third-order valence-electron chi connectivity index (χ3n) is 3.17. The standard InChI is InChI=1S/C14H14N4S/c1-7-3-6-11(19-7)9-4-5-10-12(8(9)2)13(15)18-14(16)17-10/h3-6H,1-2H3,(H4,15,16,17,18). The summed E-state index contributed by atoms with van der Waals surface area (Å²) in [6, 6.07) is 8.25. The number of aryl methyl sites for hydroxylation is 2. The zero-order valence-electron chi connectivity index (χ0n) is 10.8. The fourth-order valence-electron chi connectivity index (χ4n) is 2.29. The van der Waals surface area contributed by atoms with Crippen LogP contribution in [0.2, 0.25) is 0 Å². The minimum atomic E-state index is 0.212. The Kier molecular flexibility index (Phi) is 2.64. The molecule has 0 radical (unpaired) electrons. The summed E-state index contributed by atoms with van der Waals surface area (Å²) in [6.07, 6.45) is 0. The monoisotopic (exact) mass is 270 g/mol. The minimum absolute atomic E-state index is 0.212. The first-order valence-corrected chi connectivity index (χ1v) is 6.77. The van der Waals surface area contributed by atoms with Crippen LogP contribution in [0.4, 0.5) is 11.8 Å². The summed E-state index contributed by atoms with van der Waals surface area (Å²) in [7, 11) is 0. The van der Waals surface area contributed by atoms with E-state index in [0.717, 1.165) is 16.5 Å². The van der Waals surface area contributed by atoms with Crippen molar-refractivity contribution < 1.29 is 0 Å². The maximum absolute atomic E-state index is 5.98. The van der Waals surface area contributed by atoms with Crippen molar-refractivity contribution in [3.63, 3.8) is 0 Å². The van der Waals surface area contributed by atoms with Crippen LogP contribution in [0.25, 0.3) is 21.3 Å². The Balaban J connectivity index is 2.32. The number of nitrogens with two attached hydrogens (primary N) is 2. The lowest BCUT2D eigenvalue weighted by molar-refractivity contribution is 1.24. The highest BCUT2D eigenvalue weighted by molar-refractivity contribution is 7.15. The zero-order valence-corrected chi connectivity index (χ0v) is 11.6. The molecule has 0 atom stereocenters. The van der Waals surface area contributed by atoms with Crippen LogP contribution in [-0.4, -0.2) is 9.97 Å². The zero-order chi connectivity index (χ0) is 13.6. The van der Waals surface area contributed by atoms with Gasteiger partial charge in [-0.25, -0.2) is 4.98 Å². The predicted molar refractivity (Wildman–Crippen MR) is 81.1 cm³/mol. The smallest absolute Gasteiger partial charge is 0.222 e. The molecule has 2 aromatic heterocycles. The predicted octanol–water partition coefficient (Wildman–Crippen LogP) is 3.14. The fourth-order valence-corrected chi connectivity index (χ4v) is 3.24. The number of hydrogen-bond acceptors (Lipinski definition) is 5. The van der Waals surface area contributed by atoms with Gasteiger partial charge in [0.2, 0.25) is 5.95 Å². The molecule has 0 aliphatic rings. The van der Waals surface area contributed by atoms with Gasteiger partial charge < -0.3 is 11.5 Å². The van der Waals surface area contributed by atoms with Gasteiger partial charge in [-0.3, -0.25) is 0 Å². The first-order valence-electron chi connectivity index (χ1n) is 5.95. The Morgan fingerprint density at radius 1 is 1.00 bits per heavy atom. The summed E-state index contributed by atoms with van der Waals surface area (Å²) < 4.78 is 0. The highest BCUT2D eigenvalue weighted by atomic mass is 32.1. The molecular formula is C14H14N4S. The molecule has 4 N–H and O–H groups in total. The van der Waals surface area contributed by atoms with Crippen LogP contribution in [0.1, 0.15) is 10.4 Å². The summed E-state index contributed by atoms with van der Waals surface area (Å²) in [5.74, 6) is 0.652. The Hall–Kier alpha value is -2.14. The van der Waals surface area contributed by atoms with E-state index in [2.05, 4.69) is 35.1 Å². The van der Waals surface area contributed by atoms with Crippen LogP contribution in [0, 0.1) is 13.8 Å². The second-order valence-corrected chi connectivity index (χ2v) is 5.80. The number of fused-ring (bicyclic) bond motifs is 1. The van der Waals surface area contributed by atoms with Gasteiger partial charge in [-0.2, -0.15) is 4.98 Å². The van der Waals surface area contributed by atoms with Gasteiger partial charge in [0.1, 0.15) is 5.82 Å². The van der Waals surface area contributed by atoms with Gasteiger partial charge in [-0.05, 0) is 43.2 Å². The number of aromatic nitrogens is 2. The Morgan fingerprint density at radius 2 is 1.79 bits per heavy atom. The molecule has 1 aromatic carbocycles. The first kappa shape index (κ1) is 11.9. The Labute approximate surface area is 115 Å². The summed E-state index contributed by atoms with van der Waals surface area (Å²) in [4.78, 5) is 10.8. The number of nitrogen functional groups attached to an aromatic ring is 2. The normalized spacial score (nSPS) is 11.1. The molecule has 3 aromatic rings. The van der Waals surface area contributed by atoms with E-state index in [-0.39, 0.29) is 5.95 Å². The van der Waals surface area contributed by atoms with Crippen LogP contribution >= 0.6 is 11.3 Å². The summed E-state index contributed by atoms with van der Waals surface area (Å²) in [5, 5.41) is 0.887. The molecule has 2 heterocycles. The van der Waals surface area contributed by atoms with Gasteiger partial charge in [-0.15, -0.1) is 11.3 Å². The van der Waals surface area contributed by atoms with Gasteiger partial charge in [-0.1, -0.05) is 6.07 Å². The van der Waals surface area contributed by atoms with E-state index >= 15 is 0 Å². The number of nitrogens with zero attached hydrogens (tertiary/aromatic N) is 2. The number of benzene rings is 1. The average Bonchev–Trinajstić information content (AvgIpc) is 2.75. The highest BCUT2D eigenvalue weighted by Gasteiger charge is 2.12. The third kappa shape index (κ3) is 1.92. The Morgan fingerprint density at radius 3 is 2.47 bits per heavy atom. The van der Waals surface area contributed by atoms with Gasteiger partial charge >= 0.3 is 0 Å². The van der Waals surface area contributed by atoms with Crippen LogP contribution in [0.5, 0.6) is 0 Å². The first-order chi connectivity index (χ1) is 9.06. The number of thiophene rings is 1. The number of hydrogen-bond donors (Lipinski definition) is 2. The largest absolute Gasteiger partial charge is 0.383 e. The van der Waals surface area contributed by atoms with E-state index in [0.29, 0.717) is 5.82 Å². The molecule has 0 unspecified atom stereocenters. The lowest BCUT2D eigenvalue weighted by Crippen LogP contribution is -2.01. The van der Waals surface area contributed by atoms with Crippen molar-refractivity contribution in [2.45, 2.75) is 13.8 Å². The Bertz CT molecular complexity index is 776. The molecule has 0 aliphatic heterocycles. The maximum atomic E-state index is 5.98. The highest BCUT2D eigenvalue weighted by Crippen LogP contribution is 2.35. The van der Waals surface area contributed by atoms with E-state index in [1.54, 1.807) is 11.3 Å². The van der Waals surface area contributed by atoms with E-state index in [9.17, 15) is 0 Å². The van der Waals surface area contributed by atoms with Crippen molar-refractivity contribution in [2.24, 2.45) is 0 Å². The van der Waals surface area contributed by atoms with Crippen LogP contribution < -0.4 is 11.5 Å². The lowest BCUT2D eigenvalue weighted by atomic mass is 10.0. The third-order valence-corrected chi connectivity index (χ3v) is 4.21. The van der Waals surface area contributed by atoms with Gasteiger partial charge in [0.15, 0.2) is 0 Å². The van der Waals surface area contributed by atoms with Gasteiger partial charge in [0, 0.05) is 15.1 Å². The van der Waals surface area contributed by atoms with E-state index < -0.39 is 0 Å². The molecule has 0 aliphatic carbocycles. The van der Waals surface area contributed by atoms with Crippen molar-refractivity contribution in [1.82, 2.24) is 9.97 Å². The van der Waals surface area contributed by atoms with E-state index in [1.165, 1.54) is 15.3 Å². The summed E-state index contributed by atoms with van der Waals surface area (Å²) >= 11 is 1.77. The topological polar surface area (TPSA) is 77.8 Å². The molecule has 19 heavy (non-hydrogen) atoms. The van der Waals surface area contributed by atoms with Crippen molar-refractivity contribution >= 4 is 34.0 Å². The molecule has 5 heteroatoms. The minimum Gasteiger partial charge on any atom is -0.383 e. The molecule has 0 saturated heterocycles. The van der Waals surface area contributed by atoms with Crippen molar-refractivity contribution in [3.8, 4) is 10.4 Å². The summed E-state index contributed by atoms with van der Waals surface area (Å²) in [6.45, 7) is 4.14. The SMILES string of the molecule is Cc1ccc(-c2ccc3nc(N)nc(N)c3c2C)s1. The second-order valence-electron chi connectivity index (χ2n) is 4.51. The number of anilines is 2. The average molecular weight is 270 g/mol. The fraction of sp³-hybridized carbons (Fsp3) is 0.143. The molecule has 4 nitrogen and oxygen atoms in total. The van der Waals surface area contributed by atoms with Gasteiger partial charge in [0.05, 0.1) is 5.52 Å². The quantitative estimate of drug-likeness (QED) is 0.712.